The average molecular weight is 270 g/mol. The van der Waals surface area contributed by atoms with Gasteiger partial charge < -0.3 is 5.32 Å². The first-order valence-corrected chi connectivity index (χ1v) is 8.57. The number of rotatable bonds is 7. The molecule has 2 nitrogen and oxygen atoms in total. The van der Waals surface area contributed by atoms with Crippen molar-refractivity contribution >= 4 is 23.1 Å². The van der Waals surface area contributed by atoms with E-state index in [1.807, 2.05) is 11.3 Å². The van der Waals surface area contributed by atoms with Gasteiger partial charge in [0.05, 0.1) is 5.69 Å². The van der Waals surface area contributed by atoms with Crippen LogP contribution in [0.4, 0.5) is 0 Å². The topological polar surface area (TPSA) is 24.9 Å². The lowest BCUT2D eigenvalue weighted by atomic mass is 10.4. The maximum atomic E-state index is 4.68. The van der Waals surface area contributed by atoms with Gasteiger partial charge in [-0.3, -0.25) is 0 Å². The SMILES string of the molecule is CCCNCc1csc(CSC2CCCC2)n1. The molecule has 96 valence electrons. The Morgan fingerprint density at radius 1 is 1.47 bits per heavy atom. The van der Waals surface area contributed by atoms with Crippen LogP contribution in [0.1, 0.15) is 49.7 Å². The minimum Gasteiger partial charge on any atom is -0.311 e. The van der Waals surface area contributed by atoms with Crippen molar-refractivity contribution in [3.05, 3.63) is 16.1 Å². The van der Waals surface area contributed by atoms with Crippen LogP contribution >= 0.6 is 23.1 Å². The van der Waals surface area contributed by atoms with Crippen LogP contribution < -0.4 is 5.32 Å². The summed E-state index contributed by atoms with van der Waals surface area (Å²) < 4.78 is 0. The van der Waals surface area contributed by atoms with E-state index in [1.54, 1.807) is 0 Å². The molecule has 17 heavy (non-hydrogen) atoms. The maximum Gasteiger partial charge on any atom is 0.103 e. The van der Waals surface area contributed by atoms with Gasteiger partial charge in [0, 0.05) is 22.9 Å². The first-order valence-electron chi connectivity index (χ1n) is 6.64. The molecule has 0 atom stereocenters. The number of hydrogen-bond acceptors (Lipinski definition) is 4. The Morgan fingerprint density at radius 3 is 3.06 bits per heavy atom. The molecule has 1 heterocycles. The fourth-order valence-corrected chi connectivity index (χ4v) is 4.30. The first-order chi connectivity index (χ1) is 8.38. The first kappa shape index (κ1) is 13.4. The number of nitrogens with one attached hydrogen (secondary N) is 1. The second kappa shape index (κ2) is 7.39. The highest BCUT2D eigenvalue weighted by Crippen LogP contribution is 2.32. The van der Waals surface area contributed by atoms with E-state index in [-0.39, 0.29) is 0 Å². The van der Waals surface area contributed by atoms with E-state index in [2.05, 4.69) is 34.4 Å². The molecule has 0 spiro atoms. The molecule has 1 aliphatic carbocycles. The molecule has 0 saturated heterocycles. The van der Waals surface area contributed by atoms with Crippen LogP contribution in [0.5, 0.6) is 0 Å². The lowest BCUT2D eigenvalue weighted by molar-refractivity contribution is 0.666. The summed E-state index contributed by atoms with van der Waals surface area (Å²) in [6.45, 7) is 4.21. The second-order valence-electron chi connectivity index (χ2n) is 4.63. The van der Waals surface area contributed by atoms with Gasteiger partial charge >= 0.3 is 0 Å². The smallest absolute Gasteiger partial charge is 0.103 e. The van der Waals surface area contributed by atoms with Gasteiger partial charge in [-0.05, 0) is 25.8 Å². The number of nitrogens with zero attached hydrogens (tertiary/aromatic N) is 1. The fourth-order valence-electron chi connectivity index (χ4n) is 2.13. The van der Waals surface area contributed by atoms with Crippen molar-refractivity contribution in [2.24, 2.45) is 0 Å². The van der Waals surface area contributed by atoms with Crippen molar-refractivity contribution in [2.75, 3.05) is 6.54 Å². The zero-order chi connectivity index (χ0) is 11.9. The Kier molecular flexibility index (Phi) is 5.81. The van der Waals surface area contributed by atoms with Crippen LogP contribution in [0.2, 0.25) is 0 Å². The molecule has 0 amide bonds. The molecule has 1 N–H and O–H groups in total. The summed E-state index contributed by atoms with van der Waals surface area (Å²) in [6.07, 6.45) is 6.89. The molecule has 2 rings (SSSR count). The third-order valence-corrected chi connectivity index (χ3v) is 5.54. The van der Waals surface area contributed by atoms with Gasteiger partial charge in [-0.1, -0.05) is 19.8 Å². The van der Waals surface area contributed by atoms with Gasteiger partial charge in [0.25, 0.3) is 0 Å². The number of thiazole rings is 1. The largest absolute Gasteiger partial charge is 0.311 e. The molecule has 1 fully saturated rings. The molecule has 0 radical (unpaired) electrons. The zero-order valence-electron chi connectivity index (χ0n) is 10.6. The molecule has 1 aromatic heterocycles. The molecular formula is C13H22N2S2. The van der Waals surface area contributed by atoms with Gasteiger partial charge in [0.2, 0.25) is 0 Å². The van der Waals surface area contributed by atoms with Gasteiger partial charge in [-0.2, -0.15) is 11.8 Å². The van der Waals surface area contributed by atoms with E-state index in [9.17, 15) is 0 Å². The third-order valence-electron chi connectivity index (χ3n) is 3.08. The molecule has 0 aromatic carbocycles. The summed E-state index contributed by atoms with van der Waals surface area (Å²) in [7, 11) is 0. The highest BCUT2D eigenvalue weighted by atomic mass is 32.2. The second-order valence-corrected chi connectivity index (χ2v) is 6.86. The minimum absolute atomic E-state index is 0.903. The van der Waals surface area contributed by atoms with Gasteiger partial charge in [-0.15, -0.1) is 11.3 Å². The van der Waals surface area contributed by atoms with E-state index in [0.29, 0.717) is 0 Å². The Hall–Kier alpha value is -0.0600. The van der Waals surface area contributed by atoms with E-state index in [0.717, 1.165) is 24.1 Å². The number of hydrogen-bond donors (Lipinski definition) is 1. The predicted molar refractivity (Wildman–Crippen MR) is 77.7 cm³/mol. The molecule has 1 aromatic rings. The van der Waals surface area contributed by atoms with E-state index in [1.165, 1.54) is 42.8 Å². The monoisotopic (exact) mass is 270 g/mol. The van der Waals surface area contributed by atoms with Gasteiger partial charge in [0.15, 0.2) is 0 Å². The van der Waals surface area contributed by atoms with E-state index < -0.39 is 0 Å². The lowest BCUT2D eigenvalue weighted by Gasteiger charge is -2.05. The van der Waals surface area contributed by atoms with Crippen LogP contribution in [0.15, 0.2) is 5.38 Å². The summed E-state index contributed by atoms with van der Waals surface area (Å²) in [5.74, 6) is 1.11. The summed E-state index contributed by atoms with van der Waals surface area (Å²) in [4.78, 5) is 4.68. The summed E-state index contributed by atoms with van der Waals surface area (Å²) in [5.41, 5.74) is 1.21. The molecule has 0 unspecified atom stereocenters. The van der Waals surface area contributed by atoms with Crippen LogP contribution in [0, 0.1) is 0 Å². The Bertz CT molecular complexity index is 319. The van der Waals surface area contributed by atoms with Crippen LogP contribution in [-0.4, -0.2) is 16.8 Å². The van der Waals surface area contributed by atoms with Crippen molar-refractivity contribution in [3.63, 3.8) is 0 Å². The highest BCUT2D eigenvalue weighted by Gasteiger charge is 2.15. The third kappa shape index (κ3) is 4.60. The molecular weight excluding hydrogens is 248 g/mol. The fraction of sp³-hybridized carbons (Fsp3) is 0.769. The normalized spacial score (nSPS) is 16.8. The van der Waals surface area contributed by atoms with Crippen molar-refractivity contribution in [3.8, 4) is 0 Å². The molecule has 1 aliphatic rings. The summed E-state index contributed by atoms with van der Waals surface area (Å²) >= 11 is 3.93. The zero-order valence-corrected chi connectivity index (χ0v) is 12.2. The summed E-state index contributed by atoms with van der Waals surface area (Å²) in [5, 5.41) is 7.81. The van der Waals surface area contributed by atoms with Gasteiger partial charge in [0.1, 0.15) is 5.01 Å². The Morgan fingerprint density at radius 2 is 2.29 bits per heavy atom. The molecule has 0 bridgehead atoms. The standard InChI is InChI=1S/C13H22N2S2/c1-2-7-14-8-11-9-17-13(15-11)10-16-12-5-3-4-6-12/h9,12,14H,2-8,10H2,1H3. The van der Waals surface area contributed by atoms with Crippen molar-refractivity contribution < 1.29 is 0 Å². The van der Waals surface area contributed by atoms with Crippen LogP contribution in [0.3, 0.4) is 0 Å². The molecule has 1 saturated carbocycles. The van der Waals surface area contributed by atoms with Crippen molar-refractivity contribution in [1.29, 1.82) is 0 Å². The Labute approximate surface area is 113 Å². The average Bonchev–Trinajstić information content (AvgIpc) is 2.98. The van der Waals surface area contributed by atoms with Gasteiger partial charge in [-0.25, -0.2) is 4.98 Å². The maximum absolute atomic E-state index is 4.68. The number of aromatic nitrogens is 1. The summed E-state index contributed by atoms with van der Waals surface area (Å²) in [6, 6.07) is 0. The Balaban J connectivity index is 1.69. The van der Waals surface area contributed by atoms with E-state index >= 15 is 0 Å². The quantitative estimate of drug-likeness (QED) is 0.763. The minimum atomic E-state index is 0.903. The molecule has 0 aliphatic heterocycles. The van der Waals surface area contributed by atoms with E-state index in [4.69, 9.17) is 0 Å². The van der Waals surface area contributed by atoms with Crippen molar-refractivity contribution in [2.45, 2.75) is 56.6 Å². The van der Waals surface area contributed by atoms with Crippen LogP contribution in [0.25, 0.3) is 0 Å². The van der Waals surface area contributed by atoms with Crippen LogP contribution in [-0.2, 0) is 12.3 Å². The number of thioether (sulfide) groups is 1. The van der Waals surface area contributed by atoms with Crippen molar-refractivity contribution in [1.82, 2.24) is 10.3 Å². The lowest BCUT2D eigenvalue weighted by Crippen LogP contribution is -2.13. The molecule has 4 heteroatoms. The highest BCUT2D eigenvalue weighted by molar-refractivity contribution is 7.99. The predicted octanol–water partition coefficient (Wildman–Crippen LogP) is 3.82.